The summed E-state index contributed by atoms with van der Waals surface area (Å²) < 4.78 is 5.81. The minimum absolute atomic E-state index is 0.0432. The standard InChI is InChI=1S/C14H20O2/c1-8-6-7-10(14(3,4)5)13-11(8)12(15)9(2)16-13/h6-7,9,12,15H,1-5H3. The zero-order valence-corrected chi connectivity index (χ0v) is 10.7. The zero-order chi connectivity index (χ0) is 12.1. The summed E-state index contributed by atoms with van der Waals surface area (Å²) in [7, 11) is 0. The number of ether oxygens (including phenoxy) is 1. The third-order valence-corrected chi connectivity index (χ3v) is 3.27. The van der Waals surface area contributed by atoms with Crippen molar-refractivity contribution in [3.05, 3.63) is 28.8 Å². The first kappa shape index (κ1) is 11.5. The predicted molar refractivity (Wildman–Crippen MR) is 64.9 cm³/mol. The second kappa shape index (κ2) is 3.49. The predicted octanol–water partition coefficient (Wildman–Crippen LogP) is 3.11. The van der Waals surface area contributed by atoms with Gasteiger partial charge in [-0.25, -0.2) is 0 Å². The Kier molecular flexibility index (Phi) is 2.50. The van der Waals surface area contributed by atoms with Crippen LogP contribution in [0.4, 0.5) is 0 Å². The Morgan fingerprint density at radius 2 is 1.88 bits per heavy atom. The van der Waals surface area contributed by atoms with Gasteiger partial charge in [-0.15, -0.1) is 0 Å². The van der Waals surface area contributed by atoms with Crippen molar-refractivity contribution < 1.29 is 9.84 Å². The first-order valence-electron chi connectivity index (χ1n) is 5.81. The van der Waals surface area contributed by atoms with E-state index in [1.807, 2.05) is 13.8 Å². The van der Waals surface area contributed by atoms with Crippen molar-refractivity contribution in [1.82, 2.24) is 0 Å². The molecule has 0 aliphatic carbocycles. The molecular formula is C14H20O2. The highest BCUT2D eigenvalue weighted by molar-refractivity contribution is 5.52. The average molecular weight is 220 g/mol. The number of rotatable bonds is 0. The highest BCUT2D eigenvalue weighted by Crippen LogP contribution is 2.44. The summed E-state index contributed by atoms with van der Waals surface area (Å²) in [5.41, 5.74) is 3.30. The summed E-state index contributed by atoms with van der Waals surface area (Å²) in [5, 5.41) is 10.1. The Bertz CT molecular complexity index is 415. The largest absolute Gasteiger partial charge is 0.487 e. The number of benzene rings is 1. The van der Waals surface area contributed by atoms with Crippen molar-refractivity contribution >= 4 is 0 Å². The second-order valence-corrected chi connectivity index (χ2v) is 5.69. The molecule has 0 spiro atoms. The molecule has 88 valence electrons. The highest BCUT2D eigenvalue weighted by atomic mass is 16.5. The molecule has 0 fully saturated rings. The van der Waals surface area contributed by atoms with Crippen LogP contribution in [0.1, 0.15) is 50.5 Å². The summed E-state index contributed by atoms with van der Waals surface area (Å²) >= 11 is 0. The van der Waals surface area contributed by atoms with Crippen LogP contribution < -0.4 is 4.74 Å². The summed E-state index contributed by atoms with van der Waals surface area (Å²) in [6, 6.07) is 4.18. The lowest BCUT2D eigenvalue weighted by Crippen LogP contribution is -2.15. The number of aryl methyl sites for hydroxylation is 1. The smallest absolute Gasteiger partial charge is 0.129 e. The third-order valence-electron chi connectivity index (χ3n) is 3.27. The molecule has 0 amide bonds. The Labute approximate surface area is 97.3 Å². The Morgan fingerprint density at radius 3 is 2.44 bits per heavy atom. The van der Waals surface area contributed by atoms with Gasteiger partial charge in [0.05, 0.1) is 0 Å². The molecular weight excluding hydrogens is 200 g/mol. The van der Waals surface area contributed by atoms with E-state index < -0.39 is 6.10 Å². The lowest BCUT2D eigenvalue weighted by Gasteiger charge is -2.22. The van der Waals surface area contributed by atoms with Gasteiger partial charge < -0.3 is 9.84 Å². The third kappa shape index (κ3) is 1.61. The van der Waals surface area contributed by atoms with E-state index in [9.17, 15) is 5.11 Å². The fourth-order valence-electron chi connectivity index (χ4n) is 2.27. The van der Waals surface area contributed by atoms with Crippen LogP contribution in [0.5, 0.6) is 5.75 Å². The van der Waals surface area contributed by atoms with Gasteiger partial charge in [-0.2, -0.15) is 0 Å². The molecule has 0 bridgehead atoms. The molecule has 0 saturated carbocycles. The summed E-state index contributed by atoms with van der Waals surface area (Å²) in [5.74, 6) is 0.896. The van der Waals surface area contributed by atoms with Gasteiger partial charge in [0.25, 0.3) is 0 Å². The van der Waals surface area contributed by atoms with E-state index in [0.717, 1.165) is 16.9 Å². The molecule has 2 unspecified atom stereocenters. The second-order valence-electron chi connectivity index (χ2n) is 5.69. The van der Waals surface area contributed by atoms with E-state index >= 15 is 0 Å². The SMILES string of the molecule is Cc1ccc(C(C)(C)C)c2c1C(O)C(C)O2. The molecule has 0 radical (unpaired) electrons. The van der Waals surface area contributed by atoms with Gasteiger partial charge in [0.2, 0.25) is 0 Å². The van der Waals surface area contributed by atoms with Crippen molar-refractivity contribution in [3.8, 4) is 5.75 Å². The molecule has 0 aromatic heterocycles. The molecule has 1 aliphatic rings. The van der Waals surface area contributed by atoms with Crippen LogP contribution in [0.25, 0.3) is 0 Å². The van der Waals surface area contributed by atoms with Crippen molar-refractivity contribution in [2.24, 2.45) is 0 Å². The van der Waals surface area contributed by atoms with Gasteiger partial charge in [-0.05, 0) is 30.4 Å². The van der Waals surface area contributed by atoms with Crippen LogP contribution in [0.15, 0.2) is 12.1 Å². The number of hydrogen-bond acceptors (Lipinski definition) is 2. The van der Waals surface area contributed by atoms with Crippen LogP contribution in [0.3, 0.4) is 0 Å². The van der Waals surface area contributed by atoms with Gasteiger partial charge in [0.15, 0.2) is 0 Å². The van der Waals surface area contributed by atoms with Gasteiger partial charge in [0, 0.05) is 5.56 Å². The van der Waals surface area contributed by atoms with E-state index in [-0.39, 0.29) is 11.5 Å². The molecule has 1 aromatic rings. The Balaban J connectivity index is 2.63. The molecule has 1 aliphatic heterocycles. The lowest BCUT2D eigenvalue weighted by atomic mass is 9.84. The van der Waals surface area contributed by atoms with Crippen LogP contribution in [0.2, 0.25) is 0 Å². The maximum Gasteiger partial charge on any atom is 0.129 e. The van der Waals surface area contributed by atoms with Gasteiger partial charge in [-0.1, -0.05) is 32.9 Å². The number of aliphatic hydroxyl groups is 1. The van der Waals surface area contributed by atoms with Crippen molar-refractivity contribution in [2.45, 2.75) is 52.2 Å². The fourth-order valence-corrected chi connectivity index (χ4v) is 2.27. The summed E-state index contributed by atoms with van der Waals surface area (Å²) in [6.07, 6.45) is -0.630. The van der Waals surface area contributed by atoms with E-state index in [2.05, 4.69) is 32.9 Å². The Hall–Kier alpha value is -1.02. The average Bonchev–Trinajstić information content (AvgIpc) is 2.42. The Morgan fingerprint density at radius 1 is 1.25 bits per heavy atom. The van der Waals surface area contributed by atoms with E-state index in [0.29, 0.717) is 0 Å². The quantitative estimate of drug-likeness (QED) is 0.728. The van der Waals surface area contributed by atoms with Crippen molar-refractivity contribution in [1.29, 1.82) is 0 Å². The molecule has 2 nitrogen and oxygen atoms in total. The molecule has 2 heteroatoms. The fraction of sp³-hybridized carbons (Fsp3) is 0.571. The van der Waals surface area contributed by atoms with Crippen LogP contribution >= 0.6 is 0 Å². The molecule has 1 heterocycles. The zero-order valence-electron chi connectivity index (χ0n) is 10.7. The van der Waals surface area contributed by atoms with Crippen molar-refractivity contribution in [3.63, 3.8) is 0 Å². The van der Waals surface area contributed by atoms with Gasteiger partial charge in [-0.3, -0.25) is 0 Å². The monoisotopic (exact) mass is 220 g/mol. The minimum atomic E-state index is -0.489. The topological polar surface area (TPSA) is 29.5 Å². The van der Waals surface area contributed by atoms with Gasteiger partial charge >= 0.3 is 0 Å². The number of fused-ring (bicyclic) bond motifs is 1. The van der Waals surface area contributed by atoms with Gasteiger partial charge in [0.1, 0.15) is 18.0 Å². The van der Waals surface area contributed by atoms with E-state index in [4.69, 9.17) is 4.74 Å². The van der Waals surface area contributed by atoms with E-state index in [1.54, 1.807) is 0 Å². The first-order chi connectivity index (χ1) is 7.32. The van der Waals surface area contributed by atoms with Crippen LogP contribution in [0, 0.1) is 6.92 Å². The summed E-state index contributed by atoms with van der Waals surface area (Å²) in [4.78, 5) is 0. The summed E-state index contributed by atoms with van der Waals surface area (Å²) in [6.45, 7) is 10.4. The minimum Gasteiger partial charge on any atom is -0.487 e. The molecule has 1 aromatic carbocycles. The van der Waals surface area contributed by atoms with Crippen LogP contribution in [-0.2, 0) is 5.41 Å². The first-order valence-corrected chi connectivity index (χ1v) is 5.81. The highest BCUT2D eigenvalue weighted by Gasteiger charge is 2.35. The molecule has 1 N–H and O–H groups in total. The molecule has 2 rings (SSSR count). The number of aliphatic hydroxyl groups excluding tert-OH is 1. The number of hydrogen-bond donors (Lipinski definition) is 1. The normalized spacial score (nSPS) is 24.1. The lowest BCUT2D eigenvalue weighted by molar-refractivity contribution is 0.0787. The maximum absolute atomic E-state index is 10.1. The van der Waals surface area contributed by atoms with Crippen LogP contribution in [-0.4, -0.2) is 11.2 Å². The molecule has 16 heavy (non-hydrogen) atoms. The maximum atomic E-state index is 10.1. The molecule has 0 saturated heterocycles. The van der Waals surface area contributed by atoms with Crippen molar-refractivity contribution in [2.75, 3.05) is 0 Å². The van der Waals surface area contributed by atoms with E-state index in [1.165, 1.54) is 5.56 Å². The molecule has 2 atom stereocenters.